The van der Waals surface area contributed by atoms with Gasteiger partial charge in [-0.1, -0.05) is 0 Å². The normalized spacial score (nSPS) is 15.8. The van der Waals surface area contributed by atoms with Crippen molar-refractivity contribution < 1.29 is 23.5 Å². The number of amides is 1. The molecule has 0 unspecified atom stereocenters. The van der Waals surface area contributed by atoms with E-state index in [0.29, 0.717) is 42.8 Å². The number of carbonyl (C=O) groups is 2. The second-order valence-corrected chi connectivity index (χ2v) is 14.4. The zero-order chi connectivity index (χ0) is 43.9. The first-order valence-electron chi connectivity index (χ1n) is 20.2. The fourth-order valence-corrected chi connectivity index (χ4v) is 7.17. The first kappa shape index (κ1) is 41.9. The van der Waals surface area contributed by atoms with E-state index in [2.05, 4.69) is 81.7 Å². The van der Waals surface area contributed by atoms with Gasteiger partial charge in [-0.05, 0) is 47.1 Å². The summed E-state index contributed by atoms with van der Waals surface area (Å²) in [5.41, 5.74) is 4.75. The number of anilines is 2. The third-order valence-electron chi connectivity index (χ3n) is 10.3. The SMILES string of the molecule is CCn1c(-c2cnc(C)nc2)nc2c(N[C@H]3CCN(C(=O)c4cnco4)C3)ncnc21.CCn1c(-c2cnc(C)nc2)nc2c(N[C@H]3CCNC3)ncnc21.O=C(O)c1cnco1. The van der Waals surface area contributed by atoms with Crippen molar-refractivity contribution in [3.8, 4) is 22.8 Å². The largest absolute Gasteiger partial charge is 0.475 e. The number of oxazole rings is 2. The van der Waals surface area contributed by atoms with Gasteiger partial charge < -0.3 is 43.9 Å². The van der Waals surface area contributed by atoms with E-state index < -0.39 is 5.97 Å². The van der Waals surface area contributed by atoms with Crippen LogP contribution in [0.3, 0.4) is 0 Å². The lowest BCUT2D eigenvalue weighted by molar-refractivity contribution is 0.0661. The van der Waals surface area contributed by atoms with Crippen molar-refractivity contribution in [2.45, 2.75) is 65.7 Å². The molecule has 2 fully saturated rings. The van der Waals surface area contributed by atoms with Crippen molar-refractivity contribution in [1.82, 2.24) is 79.2 Å². The van der Waals surface area contributed by atoms with E-state index >= 15 is 0 Å². The van der Waals surface area contributed by atoms with Crippen molar-refractivity contribution in [1.29, 1.82) is 0 Å². The van der Waals surface area contributed by atoms with Gasteiger partial charge in [0, 0.05) is 69.6 Å². The minimum absolute atomic E-state index is 0.0444. The molecule has 8 aromatic rings. The highest BCUT2D eigenvalue weighted by molar-refractivity contribution is 5.91. The van der Waals surface area contributed by atoms with Crippen LogP contribution in [-0.2, 0) is 13.1 Å². The van der Waals surface area contributed by atoms with Crippen LogP contribution in [0.1, 0.15) is 59.4 Å². The van der Waals surface area contributed by atoms with Crippen LogP contribution in [0.25, 0.3) is 45.1 Å². The third kappa shape index (κ3) is 9.27. The maximum atomic E-state index is 12.5. The van der Waals surface area contributed by atoms with Gasteiger partial charge in [0.1, 0.15) is 36.0 Å². The van der Waals surface area contributed by atoms with Crippen LogP contribution >= 0.6 is 0 Å². The Labute approximate surface area is 359 Å². The maximum Gasteiger partial charge on any atom is 0.373 e. The molecule has 2 aliphatic rings. The van der Waals surface area contributed by atoms with Gasteiger partial charge in [0.2, 0.25) is 11.5 Å². The van der Waals surface area contributed by atoms with E-state index in [1.165, 1.54) is 18.9 Å². The van der Waals surface area contributed by atoms with Gasteiger partial charge in [-0.3, -0.25) is 4.79 Å². The summed E-state index contributed by atoms with van der Waals surface area (Å²) in [6, 6.07) is 0.420. The molecule has 1 amide bonds. The van der Waals surface area contributed by atoms with E-state index in [0.717, 1.165) is 96.3 Å². The highest BCUT2D eigenvalue weighted by Gasteiger charge is 2.30. The molecule has 0 bridgehead atoms. The van der Waals surface area contributed by atoms with E-state index in [1.807, 2.05) is 25.3 Å². The number of aromatic nitrogens is 14. The van der Waals surface area contributed by atoms with Gasteiger partial charge in [0.15, 0.2) is 46.8 Å². The number of fused-ring (bicyclic) bond motifs is 2. The minimum Gasteiger partial charge on any atom is -0.475 e. The fraction of sp³-hybridized carbons (Fsp3) is 0.350. The quantitative estimate of drug-likeness (QED) is 0.153. The third-order valence-corrected chi connectivity index (χ3v) is 10.3. The van der Waals surface area contributed by atoms with Crippen molar-refractivity contribution in [3.63, 3.8) is 0 Å². The summed E-state index contributed by atoms with van der Waals surface area (Å²) >= 11 is 0. The zero-order valence-electron chi connectivity index (χ0n) is 34.9. The Morgan fingerprint density at radius 1 is 0.714 bits per heavy atom. The summed E-state index contributed by atoms with van der Waals surface area (Å²) in [5.74, 6) is 3.30. The monoisotopic (exact) mass is 856 g/mol. The number of rotatable bonds is 10. The zero-order valence-corrected chi connectivity index (χ0v) is 34.9. The molecular weight excluding hydrogens is 813 g/mol. The Morgan fingerprint density at radius 2 is 1.24 bits per heavy atom. The molecule has 10 heterocycles. The van der Waals surface area contributed by atoms with Crippen LogP contribution in [0.2, 0.25) is 0 Å². The molecule has 10 rings (SSSR count). The minimum atomic E-state index is -1.09. The highest BCUT2D eigenvalue weighted by Crippen LogP contribution is 2.29. The summed E-state index contributed by atoms with van der Waals surface area (Å²) < 4.78 is 13.6. The lowest BCUT2D eigenvalue weighted by atomic mass is 10.2. The number of nitrogens with zero attached hydrogens (tertiary/aromatic N) is 15. The van der Waals surface area contributed by atoms with Gasteiger partial charge in [-0.25, -0.2) is 64.6 Å². The van der Waals surface area contributed by atoms with Gasteiger partial charge in [0.25, 0.3) is 5.91 Å². The van der Waals surface area contributed by atoms with E-state index in [9.17, 15) is 9.59 Å². The highest BCUT2D eigenvalue weighted by atomic mass is 16.4. The molecule has 63 heavy (non-hydrogen) atoms. The van der Waals surface area contributed by atoms with Crippen LogP contribution in [-0.4, -0.2) is 129 Å². The molecular formula is C40H44N18O5. The molecule has 2 aliphatic heterocycles. The summed E-state index contributed by atoms with van der Waals surface area (Å²) in [7, 11) is 0. The second kappa shape index (κ2) is 18.8. The van der Waals surface area contributed by atoms with Crippen molar-refractivity contribution in [2.75, 3.05) is 36.8 Å². The molecule has 23 nitrogen and oxygen atoms in total. The predicted molar refractivity (Wildman–Crippen MR) is 226 cm³/mol. The van der Waals surface area contributed by atoms with Crippen molar-refractivity contribution in [3.05, 3.63) is 85.8 Å². The Kier molecular flexibility index (Phi) is 12.5. The molecule has 324 valence electrons. The van der Waals surface area contributed by atoms with Crippen LogP contribution in [0.4, 0.5) is 11.6 Å². The molecule has 0 aliphatic carbocycles. The number of carbonyl (C=O) groups excluding carboxylic acids is 1. The van der Waals surface area contributed by atoms with Gasteiger partial charge in [-0.2, -0.15) is 0 Å². The van der Waals surface area contributed by atoms with Crippen molar-refractivity contribution in [2.24, 2.45) is 0 Å². The first-order valence-corrected chi connectivity index (χ1v) is 20.2. The number of aryl methyl sites for hydroxylation is 4. The number of nitrogens with one attached hydrogen (secondary N) is 3. The Morgan fingerprint density at radius 3 is 1.68 bits per heavy atom. The standard InChI is InChI=1S/C20H21N9O2.C16H20N8.C4H3NO3/c1-3-29-18(13-6-22-12(2)23-7-13)27-16-17(24-10-25-19(16)29)26-14-4-5-28(9-14)20(30)15-8-21-11-31-15;1-3-24-15(11-6-18-10(2)19-7-11)23-13-14(20-9-21-16(13)24)22-12-4-5-17-8-12;6-4(7)3-1-5-2-8-3/h6-8,10-11,14H,3-5,9H2,1-2H3,(H,24,25,26);6-7,9,12,17H,3-5,8H2,1-2H3,(H,20,21,22);1-2H,(H,6,7)/t14-;12-;/m00./s1. The summed E-state index contributed by atoms with van der Waals surface area (Å²) in [4.78, 5) is 75.9. The molecule has 4 N–H and O–H groups in total. The smallest absolute Gasteiger partial charge is 0.373 e. The molecule has 0 aromatic carbocycles. The average Bonchev–Trinajstić information content (AvgIpc) is 4.16. The number of aromatic carboxylic acids is 1. The second-order valence-electron chi connectivity index (χ2n) is 14.4. The molecule has 0 saturated carbocycles. The van der Waals surface area contributed by atoms with Crippen LogP contribution in [0.5, 0.6) is 0 Å². The van der Waals surface area contributed by atoms with E-state index in [1.54, 1.807) is 36.0 Å². The molecule has 8 aromatic heterocycles. The molecule has 2 atom stereocenters. The predicted octanol–water partition coefficient (Wildman–Crippen LogP) is 3.68. The number of hydrogen-bond acceptors (Lipinski definition) is 19. The number of likely N-dealkylation sites (tertiary alicyclic amines) is 1. The fourth-order valence-electron chi connectivity index (χ4n) is 7.17. The summed E-state index contributed by atoms with van der Waals surface area (Å²) in [5, 5.41) is 18.4. The maximum absolute atomic E-state index is 12.5. The average molecular weight is 857 g/mol. The topological polar surface area (TPSA) is 285 Å². The Hall–Kier alpha value is -7.82. The molecule has 0 spiro atoms. The van der Waals surface area contributed by atoms with E-state index in [-0.39, 0.29) is 23.5 Å². The number of carboxylic acid groups (broad SMARTS) is 1. The first-order chi connectivity index (χ1) is 30.7. The van der Waals surface area contributed by atoms with E-state index in [4.69, 9.17) is 19.5 Å². The summed E-state index contributed by atoms with van der Waals surface area (Å²) in [6.07, 6.45) is 17.0. The lowest BCUT2D eigenvalue weighted by Crippen LogP contribution is -2.31. The number of hydrogen-bond donors (Lipinski definition) is 4. The number of carboxylic acids is 1. The lowest BCUT2D eigenvalue weighted by Gasteiger charge is -2.16. The molecule has 2 saturated heterocycles. The van der Waals surface area contributed by atoms with Crippen LogP contribution in [0, 0.1) is 13.8 Å². The van der Waals surface area contributed by atoms with Gasteiger partial charge in [-0.15, -0.1) is 0 Å². The Bertz CT molecular complexity index is 2780. The van der Waals surface area contributed by atoms with Crippen LogP contribution < -0.4 is 16.0 Å². The van der Waals surface area contributed by atoms with Gasteiger partial charge in [0.05, 0.1) is 23.5 Å². The summed E-state index contributed by atoms with van der Waals surface area (Å²) in [6.45, 7) is 12.4. The number of imidazole rings is 2. The van der Waals surface area contributed by atoms with Gasteiger partial charge >= 0.3 is 5.97 Å². The van der Waals surface area contributed by atoms with Crippen molar-refractivity contribution >= 4 is 45.8 Å². The van der Waals surface area contributed by atoms with Crippen LogP contribution in [0.15, 0.2) is 71.5 Å². The Balaban J connectivity index is 0.000000150. The molecule has 0 radical (unpaired) electrons. The molecule has 23 heteroatoms.